The van der Waals surface area contributed by atoms with Crippen molar-refractivity contribution in [2.24, 2.45) is 0 Å². The number of hydrogen-bond donors (Lipinski definition) is 0. The van der Waals surface area contributed by atoms with E-state index in [9.17, 15) is 0 Å². The molecule has 0 aliphatic heterocycles. The van der Waals surface area contributed by atoms with Crippen LogP contribution in [0.3, 0.4) is 0 Å². The van der Waals surface area contributed by atoms with Crippen LogP contribution in [0.5, 0.6) is 0 Å². The summed E-state index contributed by atoms with van der Waals surface area (Å²) in [5.41, 5.74) is 0.762. The Hall–Kier alpha value is 1.29. The molecule has 0 amide bonds. The predicted molar refractivity (Wildman–Crippen MR) is 101 cm³/mol. The number of rotatable bonds is 8. The van der Waals surface area contributed by atoms with Gasteiger partial charge in [-0.3, -0.25) is 0 Å². The Morgan fingerprint density at radius 3 is 1.55 bits per heavy atom. The molecule has 1 atom stereocenters. The van der Waals surface area contributed by atoms with Gasteiger partial charge in [-0.05, 0) is 36.5 Å². The van der Waals surface area contributed by atoms with Crippen LogP contribution >= 0.6 is 25.4 Å². The quantitative estimate of drug-likeness (QED) is 0.224. The van der Waals surface area contributed by atoms with Crippen molar-refractivity contribution in [3.63, 3.8) is 0 Å². The molecule has 4 heteroatoms. The Morgan fingerprint density at radius 2 is 1.35 bits per heavy atom. The fourth-order valence-corrected chi connectivity index (χ4v) is 5.12. The molecule has 0 saturated heterocycles. The molecular formula is C16H34ClP2Pd. The van der Waals surface area contributed by atoms with Crippen LogP contribution in [-0.4, -0.2) is 36.5 Å². The zero-order chi connectivity index (χ0) is 16.4. The molecule has 20 heavy (non-hydrogen) atoms. The first-order valence-electron chi connectivity index (χ1n) is 7.48. The number of hydrogen-bond acceptors (Lipinski definition) is 0. The second kappa shape index (κ2) is 22.6. The molecule has 0 spiro atoms. The molecule has 0 rings (SSSR count). The molecule has 0 aromatic carbocycles. The van der Waals surface area contributed by atoms with Crippen molar-refractivity contribution in [2.45, 2.75) is 47.2 Å². The molecule has 0 radical (unpaired) electrons. The van der Waals surface area contributed by atoms with Gasteiger partial charge in [-0.15, -0.1) is 15.8 Å². The maximum atomic E-state index is 4.49. The summed E-state index contributed by atoms with van der Waals surface area (Å²) in [6.45, 7) is 17.4. The molecule has 0 aromatic heterocycles. The third kappa shape index (κ3) is 17.3. The minimum absolute atomic E-state index is 0.236. The molecule has 0 aliphatic rings. The van der Waals surface area contributed by atoms with Gasteiger partial charge in [0.15, 0.2) is 0 Å². The number of halogens is 1. The SMILES string of the molecule is C=C/C=C/C(C)P(CC)CC.CCP(CC)CC.[Cl][Pd]. The van der Waals surface area contributed by atoms with E-state index in [1.807, 2.05) is 6.08 Å². The van der Waals surface area contributed by atoms with Crippen LogP contribution in [0.25, 0.3) is 0 Å². The number of allylic oxidation sites excluding steroid dienone is 3. The monoisotopic (exact) mass is 429 g/mol. The molecular weight excluding hydrogens is 396 g/mol. The molecule has 1 unspecified atom stereocenters. The summed E-state index contributed by atoms with van der Waals surface area (Å²) in [4.78, 5) is 0. The van der Waals surface area contributed by atoms with Gasteiger partial charge in [-0.25, -0.2) is 0 Å². The summed E-state index contributed by atoms with van der Waals surface area (Å²) < 4.78 is 0. The summed E-state index contributed by atoms with van der Waals surface area (Å²) in [5, 5.41) is 0. The molecule has 0 bridgehead atoms. The van der Waals surface area contributed by atoms with Crippen LogP contribution in [0, 0.1) is 0 Å². The molecule has 0 aliphatic carbocycles. The average Bonchev–Trinajstić information content (AvgIpc) is 2.51. The molecule has 0 N–H and O–H groups in total. The predicted octanol–water partition coefficient (Wildman–Crippen LogP) is 6.85. The van der Waals surface area contributed by atoms with Crippen molar-refractivity contribution in [1.82, 2.24) is 0 Å². The van der Waals surface area contributed by atoms with Gasteiger partial charge in [0, 0.05) is 0 Å². The fraction of sp³-hybridized carbons (Fsp3) is 0.750. The van der Waals surface area contributed by atoms with Crippen molar-refractivity contribution >= 4 is 25.4 Å². The van der Waals surface area contributed by atoms with E-state index in [1.165, 1.54) is 30.8 Å². The maximum absolute atomic E-state index is 4.49. The van der Waals surface area contributed by atoms with Crippen molar-refractivity contribution in [3.05, 3.63) is 24.8 Å². The Morgan fingerprint density at radius 1 is 0.950 bits per heavy atom. The summed E-state index contributed by atoms with van der Waals surface area (Å²) in [5.74, 6) is 0. The van der Waals surface area contributed by atoms with E-state index in [1.54, 1.807) is 0 Å². The first kappa shape index (κ1) is 26.2. The molecule has 125 valence electrons. The average molecular weight is 430 g/mol. The van der Waals surface area contributed by atoms with Crippen molar-refractivity contribution < 1.29 is 18.2 Å². The van der Waals surface area contributed by atoms with E-state index >= 15 is 0 Å². The third-order valence-electron chi connectivity index (χ3n) is 3.26. The van der Waals surface area contributed by atoms with E-state index < -0.39 is 0 Å². The molecule has 0 saturated carbocycles. The summed E-state index contributed by atoms with van der Waals surface area (Å²) in [7, 11) is 5.17. The van der Waals surface area contributed by atoms with Gasteiger partial charge in [0.1, 0.15) is 0 Å². The van der Waals surface area contributed by atoms with Gasteiger partial charge in [0.05, 0.1) is 0 Å². The summed E-state index contributed by atoms with van der Waals surface area (Å²) >= 11 is 2.22. The normalized spacial score (nSPS) is 11.8. The van der Waals surface area contributed by atoms with Crippen LogP contribution in [0.4, 0.5) is 0 Å². The van der Waals surface area contributed by atoms with Crippen LogP contribution in [0.1, 0.15) is 41.5 Å². The standard InChI is InChI=1S/C10H19P.C6H15P.ClH.Pd/c1-5-8-9-10(4)11(6-2)7-3;1-4-7(5-2)6-3;;/h5,8-10H,1,6-7H2,2-4H3;4-6H2,1-3H3;1H;/q;;;+1/p-1/b9-8+;;;. The minimum atomic E-state index is 0.236. The van der Waals surface area contributed by atoms with E-state index in [-0.39, 0.29) is 7.92 Å². The first-order chi connectivity index (χ1) is 9.60. The van der Waals surface area contributed by atoms with Crippen LogP contribution in [-0.2, 0) is 18.2 Å². The Labute approximate surface area is 146 Å². The zero-order valence-corrected chi connectivity index (χ0v) is 18.2. The summed E-state index contributed by atoms with van der Waals surface area (Å²) in [6, 6.07) is 0. The van der Waals surface area contributed by atoms with Crippen molar-refractivity contribution in [2.75, 3.05) is 30.8 Å². The topological polar surface area (TPSA) is 0 Å². The van der Waals surface area contributed by atoms with Gasteiger partial charge >= 0.3 is 27.7 Å². The van der Waals surface area contributed by atoms with Gasteiger partial charge in [-0.2, -0.15) is 0 Å². The molecule has 0 fully saturated rings. The van der Waals surface area contributed by atoms with Crippen LogP contribution < -0.4 is 0 Å². The van der Waals surface area contributed by atoms with E-state index in [4.69, 9.17) is 0 Å². The fourth-order valence-electron chi connectivity index (χ4n) is 1.83. The molecule has 0 aromatic rings. The van der Waals surface area contributed by atoms with Crippen molar-refractivity contribution in [3.8, 4) is 0 Å². The van der Waals surface area contributed by atoms with Gasteiger partial charge in [0.2, 0.25) is 0 Å². The van der Waals surface area contributed by atoms with Gasteiger partial charge in [-0.1, -0.05) is 66.3 Å². The third-order valence-corrected chi connectivity index (χ3v) is 8.89. The summed E-state index contributed by atoms with van der Waals surface area (Å²) in [6.07, 6.45) is 13.1. The Kier molecular flexibility index (Phi) is 29.6. The van der Waals surface area contributed by atoms with E-state index in [0.29, 0.717) is 7.92 Å². The Balaban J connectivity index is -0.000000277. The van der Waals surface area contributed by atoms with Gasteiger partial charge < -0.3 is 0 Å². The zero-order valence-electron chi connectivity index (χ0n) is 14.1. The van der Waals surface area contributed by atoms with Crippen LogP contribution in [0.15, 0.2) is 24.8 Å². The van der Waals surface area contributed by atoms with Gasteiger partial charge in [0.25, 0.3) is 0 Å². The van der Waals surface area contributed by atoms with E-state index in [0.717, 1.165) is 5.66 Å². The van der Waals surface area contributed by atoms with Crippen LogP contribution in [0.2, 0.25) is 0 Å². The Bertz CT molecular complexity index is 197. The first-order valence-corrected chi connectivity index (χ1v) is 13.2. The second-order valence-electron chi connectivity index (χ2n) is 4.20. The molecule has 0 nitrogen and oxygen atoms in total. The second-order valence-corrected chi connectivity index (χ2v) is 10.7. The van der Waals surface area contributed by atoms with E-state index in [2.05, 4.69) is 88.0 Å². The molecule has 0 heterocycles. The van der Waals surface area contributed by atoms with Crippen molar-refractivity contribution in [1.29, 1.82) is 0 Å².